The van der Waals surface area contributed by atoms with Gasteiger partial charge in [0, 0.05) is 26.6 Å². The van der Waals surface area contributed by atoms with Crippen molar-refractivity contribution in [3.05, 3.63) is 48.0 Å². The number of ether oxygens (including phenoxy) is 2. The van der Waals surface area contributed by atoms with E-state index in [2.05, 4.69) is 21.7 Å². The van der Waals surface area contributed by atoms with Crippen molar-refractivity contribution < 1.29 is 19.1 Å². The second-order valence-corrected chi connectivity index (χ2v) is 10.1. The molecule has 1 saturated heterocycles. The largest absolute Gasteiger partial charge is 0.444 e. The minimum absolute atomic E-state index is 0.0731. The van der Waals surface area contributed by atoms with Gasteiger partial charge in [-0.1, -0.05) is 35.5 Å². The lowest BCUT2D eigenvalue weighted by molar-refractivity contribution is -0.133. The Morgan fingerprint density at radius 3 is 2.65 bits per heavy atom. The highest BCUT2D eigenvalue weighted by molar-refractivity contribution is 5.83. The summed E-state index contributed by atoms with van der Waals surface area (Å²) < 4.78 is 12.9. The molecule has 2 amide bonds. The van der Waals surface area contributed by atoms with Crippen LogP contribution in [-0.2, 0) is 27.7 Å². The van der Waals surface area contributed by atoms with Gasteiger partial charge in [-0.2, -0.15) is 5.26 Å². The molecule has 4 rings (SSSR count). The highest BCUT2D eigenvalue weighted by atomic mass is 16.6. The van der Waals surface area contributed by atoms with E-state index in [1.807, 2.05) is 49.5 Å². The number of carbonyl (C=O) groups excluding carboxylic acids is 2. The molecule has 194 valence electrons. The van der Waals surface area contributed by atoms with Gasteiger partial charge in [0.25, 0.3) is 5.91 Å². The van der Waals surface area contributed by atoms with E-state index in [1.54, 1.807) is 25.5 Å². The summed E-state index contributed by atoms with van der Waals surface area (Å²) in [4.78, 5) is 26.9. The van der Waals surface area contributed by atoms with E-state index in [0.717, 1.165) is 27.7 Å². The molecule has 0 radical (unpaired) electrons. The van der Waals surface area contributed by atoms with E-state index in [1.165, 1.54) is 4.90 Å². The predicted octanol–water partition coefficient (Wildman–Crippen LogP) is 3.21. The fourth-order valence-corrected chi connectivity index (χ4v) is 4.16. The number of hydrogen-bond donors (Lipinski definition) is 1. The minimum atomic E-state index is -0.871. The molecule has 10 nitrogen and oxygen atoms in total. The molecule has 1 aliphatic heterocycles. The number of aryl methyl sites for hydroxylation is 1. The van der Waals surface area contributed by atoms with Gasteiger partial charge in [0.15, 0.2) is 6.10 Å². The highest BCUT2D eigenvalue weighted by Gasteiger charge is 2.31. The van der Waals surface area contributed by atoms with Crippen LogP contribution in [0.1, 0.15) is 32.8 Å². The second kappa shape index (κ2) is 11.0. The van der Waals surface area contributed by atoms with E-state index in [9.17, 15) is 14.9 Å². The molecule has 1 aliphatic rings. The van der Waals surface area contributed by atoms with Crippen molar-refractivity contribution in [1.29, 1.82) is 5.26 Å². The standard InChI is InChI=1S/C27H32N6O4/c1-27(2,3)37-26(35)33-12-5-13-36-24(17-33)25(34)29-21(16-28)14-18-6-8-19(9-7-18)20-10-11-23-22(15-20)30-31-32(23)4/h6-11,15,21,24H,5,12-14,17H2,1-4H3,(H,29,34)/t21-,24-/m0/s1. The van der Waals surface area contributed by atoms with Crippen LogP contribution in [0.15, 0.2) is 42.5 Å². The van der Waals surface area contributed by atoms with E-state index < -0.39 is 29.7 Å². The van der Waals surface area contributed by atoms with Crippen LogP contribution in [0, 0.1) is 11.3 Å². The number of rotatable bonds is 5. The van der Waals surface area contributed by atoms with Crippen molar-refractivity contribution in [3.8, 4) is 17.2 Å². The number of benzene rings is 2. The van der Waals surface area contributed by atoms with Crippen molar-refractivity contribution in [1.82, 2.24) is 25.2 Å². The van der Waals surface area contributed by atoms with Crippen LogP contribution in [0.3, 0.4) is 0 Å². The average molecular weight is 505 g/mol. The third kappa shape index (κ3) is 6.62. The van der Waals surface area contributed by atoms with Crippen molar-refractivity contribution in [2.45, 2.75) is 51.4 Å². The van der Waals surface area contributed by atoms with E-state index in [4.69, 9.17) is 9.47 Å². The second-order valence-electron chi connectivity index (χ2n) is 10.1. The van der Waals surface area contributed by atoms with E-state index in [0.29, 0.717) is 26.0 Å². The number of nitriles is 1. The number of carbonyl (C=O) groups is 2. The van der Waals surface area contributed by atoms with Crippen molar-refractivity contribution >= 4 is 23.0 Å². The molecule has 1 fully saturated rings. The van der Waals surface area contributed by atoms with Gasteiger partial charge < -0.3 is 19.7 Å². The molecule has 0 aliphatic carbocycles. The predicted molar refractivity (Wildman–Crippen MR) is 137 cm³/mol. The lowest BCUT2D eigenvalue weighted by atomic mass is 10.0. The summed E-state index contributed by atoms with van der Waals surface area (Å²) in [7, 11) is 1.85. The van der Waals surface area contributed by atoms with Crippen LogP contribution < -0.4 is 5.32 Å². The molecule has 10 heteroatoms. The fourth-order valence-electron chi connectivity index (χ4n) is 4.16. The first-order valence-corrected chi connectivity index (χ1v) is 12.3. The molecular formula is C27H32N6O4. The number of hydrogen-bond acceptors (Lipinski definition) is 7. The minimum Gasteiger partial charge on any atom is -0.444 e. The van der Waals surface area contributed by atoms with Gasteiger partial charge in [0.2, 0.25) is 0 Å². The third-order valence-electron chi connectivity index (χ3n) is 6.03. The van der Waals surface area contributed by atoms with Crippen molar-refractivity contribution in [2.24, 2.45) is 7.05 Å². The first-order valence-electron chi connectivity index (χ1n) is 12.3. The Morgan fingerprint density at radius 2 is 1.95 bits per heavy atom. The van der Waals surface area contributed by atoms with E-state index >= 15 is 0 Å². The maximum Gasteiger partial charge on any atom is 0.410 e. The van der Waals surface area contributed by atoms with Crippen molar-refractivity contribution in [3.63, 3.8) is 0 Å². The number of nitrogens with zero attached hydrogens (tertiary/aromatic N) is 5. The molecule has 0 spiro atoms. The summed E-state index contributed by atoms with van der Waals surface area (Å²) in [6, 6.07) is 15.3. The average Bonchev–Trinajstić information content (AvgIpc) is 3.06. The van der Waals surface area contributed by atoms with Gasteiger partial charge in [-0.25, -0.2) is 9.48 Å². The lowest BCUT2D eigenvalue weighted by Gasteiger charge is -2.27. The normalized spacial score (nSPS) is 17.1. The molecular weight excluding hydrogens is 472 g/mol. The molecule has 1 N–H and O–H groups in total. The Kier molecular flexibility index (Phi) is 7.74. The summed E-state index contributed by atoms with van der Waals surface area (Å²) in [6.45, 7) is 6.24. The summed E-state index contributed by atoms with van der Waals surface area (Å²) in [5.41, 5.74) is 4.09. The zero-order valence-corrected chi connectivity index (χ0v) is 21.6. The first kappa shape index (κ1) is 26.1. The fraction of sp³-hybridized carbons (Fsp3) is 0.444. The number of amides is 2. The Balaban J connectivity index is 1.37. The summed E-state index contributed by atoms with van der Waals surface area (Å²) in [6.07, 6.45) is -0.412. The van der Waals surface area contributed by atoms with Crippen molar-refractivity contribution in [2.75, 3.05) is 19.7 Å². The maximum absolute atomic E-state index is 12.9. The zero-order chi connectivity index (χ0) is 26.6. The Bertz CT molecular complexity index is 1310. The van der Waals surface area contributed by atoms with Gasteiger partial charge >= 0.3 is 6.09 Å². The maximum atomic E-state index is 12.9. The summed E-state index contributed by atoms with van der Waals surface area (Å²) in [5, 5.41) is 20.7. The van der Waals surface area contributed by atoms with Crippen LogP contribution in [0.2, 0.25) is 0 Å². The zero-order valence-electron chi connectivity index (χ0n) is 21.6. The molecule has 37 heavy (non-hydrogen) atoms. The van der Waals surface area contributed by atoms with Gasteiger partial charge in [-0.3, -0.25) is 4.79 Å². The number of nitrogens with one attached hydrogen (secondary N) is 1. The molecule has 2 heterocycles. The number of fused-ring (bicyclic) bond motifs is 1. The smallest absolute Gasteiger partial charge is 0.410 e. The molecule has 0 bridgehead atoms. The molecule has 2 atom stereocenters. The van der Waals surface area contributed by atoms with Crippen LogP contribution in [0.25, 0.3) is 22.2 Å². The summed E-state index contributed by atoms with van der Waals surface area (Å²) >= 11 is 0. The molecule has 3 aromatic rings. The Morgan fingerprint density at radius 1 is 1.22 bits per heavy atom. The third-order valence-corrected chi connectivity index (χ3v) is 6.03. The Labute approximate surface area is 216 Å². The topological polar surface area (TPSA) is 122 Å². The first-order chi connectivity index (χ1) is 17.6. The Hall–Kier alpha value is -3.97. The van der Waals surface area contributed by atoms with Gasteiger partial charge in [0.05, 0.1) is 18.1 Å². The SMILES string of the molecule is Cn1nnc2cc(-c3ccc(C[C@@H](C#N)NC(=O)[C@@H]4CN(C(=O)OC(C)(C)C)CCCO4)cc3)ccc21. The highest BCUT2D eigenvalue weighted by Crippen LogP contribution is 2.24. The molecule has 1 aromatic heterocycles. The van der Waals surface area contributed by atoms with Gasteiger partial charge in [-0.15, -0.1) is 5.10 Å². The van der Waals surface area contributed by atoms with Crippen LogP contribution in [0.4, 0.5) is 4.79 Å². The molecule has 0 unspecified atom stereocenters. The van der Waals surface area contributed by atoms with Gasteiger partial charge in [0.1, 0.15) is 17.2 Å². The van der Waals surface area contributed by atoms with Crippen LogP contribution in [0.5, 0.6) is 0 Å². The number of aromatic nitrogens is 3. The van der Waals surface area contributed by atoms with Crippen LogP contribution in [-0.4, -0.2) is 69.3 Å². The lowest BCUT2D eigenvalue weighted by Crippen LogP contribution is -2.48. The summed E-state index contributed by atoms with van der Waals surface area (Å²) in [5.74, 6) is -0.420. The monoisotopic (exact) mass is 504 g/mol. The molecule has 0 saturated carbocycles. The van der Waals surface area contributed by atoms with Gasteiger partial charge in [-0.05, 0) is 56.0 Å². The van der Waals surface area contributed by atoms with E-state index in [-0.39, 0.29) is 6.54 Å². The van der Waals surface area contributed by atoms with Crippen LogP contribution >= 0.6 is 0 Å². The molecule has 2 aromatic carbocycles. The quantitative estimate of drug-likeness (QED) is 0.566.